The van der Waals surface area contributed by atoms with E-state index in [-0.39, 0.29) is 0 Å². The number of piperazine rings is 1. The van der Waals surface area contributed by atoms with Gasteiger partial charge in [-0.15, -0.1) is 0 Å². The summed E-state index contributed by atoms with van der Waals surface area (Å²) in [7, 11) is 0. The molecule has 5 nitrogen and oxygen atoms in total. The standard InChI is InChI=1S/C20H29ClF3N5/c21-17-1-3-18(4-2-17)28-11-13-29(14-12-28)19(25)26-8-5-16-6-9-27(10-7-16)15-20(22,23)24/h1-4,16H,5-15H2,(H2,25,26). The van der Waals surface area contributed by atoms with Gasteiger partial charge in [0.2, 0.25) is 0 Å². The Morgan fingerprint density at radius 3 is 2.24 bits per heavy atom. The number of hydrogen-bond acceptors (Lipinski definition) is 3. The summed E-state index contributed by atoms with van der Waals surface area (Å²) in [5.41, 5.74) is 7.32. The number of benzene rings is 1. The van der Waals surface area contributed by atoms with Crippen molar-refractivity contribution in [2.24, 2.45) is 16.6 Å². The molecule has 0 unspecified atom stereocenters. The smallest absolute Gasteiger partial charge is 0.370 e. The van der Waals surface area contributed by atoms with E-state index < -0.39 is 12.7 Å². The molecule has 9 heteroatoms. The topological polar surface area (TPSA) is 48.1 Å². The van der Waals surface area contributed by atoms with Crippen LogP contribution >= 0.6 is 11.6 Å². The lowest BCUT2D eigenvalue weighted by atomic mass is 9.93. The monoisotopic (exact) mass is 431 g/mol. The molecule has 162 valence electrons. The molecule has 2 fully saturated rings. The highest BCUT2D eigenvalue weighted by molar-refractivity contribution is 6.30. The molecule has 2 aliphatic rings. The van der Waals surface area contributed by atoms with Gasteiger partial charge in [0.15, 0.2) is 5.96 Å². The van der Waals surface area contributed by atoms with Crippen LogP contribution in [0.15, 0.2) is 29.3 Å². The highest BCUT2D eigenvalue weighted by Crippen LogP contribution is 2.24. The Morgan fingerprint density at radius 1 is 1.03 bits per heavy atom. The van der Waals surface area contributed by atoms with Gasteiger partial charge in [-0.1, -0.05) is 11.6 Å². The summed E-state index contributed by atoms with van der Waals surface area (Å²) in [5.74, 6) is 0.994. The normalized spacial score (nSPS) is 20.3. The van der Waals surface area contributed by atoms with Gasteiger partial charge in [-0.25, -0.2) is 0 Å². The van der Waals surface area contributed by atoms with Gasteiger partial charge in [0.1, 0.15) is 0 Å². The third-order valence-electron chi connectivity index (χ3n) is 5.72. The quantitative estimate of drug-likeness (QED) is 0.573. The summed E-state index contributed by atoms with van der Waals surface area (Å²) in [6.07, 6.45) is -1.63. The predicted octanol–water partition coefficient (Wildman–Crippen LogP) is 3.44. The van der Waals surface area contributed by atoms with Crippen molar-refractivity contribution in [3.05, 3.63) is 29.3 Å². The molecule has 0 radical (unpaired) electrons. The van der Waals surface area contributed by atoms with E-state index in [0.29, 0.717) is 31.5 Å². The third-order valence-corrected chi connectivity index (χ3v) is 5.97. The predicted molar refractivity (Wildman–Crippen MR) is 112 cm³/mol. The van der Waals surface area contributed by atoms with Crippen molar-refractivity contribution in [1.29, 1.82) is 0 Å². The molecule has 29 heavy (non-hydrogen) atoms. The molecule has 3 rings (SSSR count). The molecule has 0 bridgehead atoms. The zero-order valence-electron chi connectivity index (χ0n) is 16.5. The number of likely N-dealkylation sites (tertiary alicyclic amines) is 1. The van der Waals surface area contributed by atoms with E-state index in [0.717, 1.165) is 56.2 Å². The van der Waals surface area contributed by atoms with Crippen molar-refractivity contribution in [2.75, 3.05) is 57.3 Å². The van der Waals surface area contributed by atoms with Crippen LogP contribution in [0.1, 0.15) is 19.3 Å². The van der Waals surface area contributed by atoms with Gasteiger partial charge in [0, 0.05) is 43.4 Å². The third kappa shape index (κ3) is 6.96. The Morgan fingerprint density at radius 2 is 1.66 bits per heavy atom. The average Bonchev–Trinajstić information content (AvgIpc) is 2.69. The van der Waals surface area contributed by atoms with E-state index in [9.17, 15) is 13.2 Å². The fraction of sp³-hybridized carbons (Fsp3) is 0.650. The van der Waals surface area contributed by atoms with Crippen molar-refractivity contribution in [3.63, 3.8) is 0 Å². The maximum atomic E-state index is 12.5. The van der Waals surface area contributed by atoms with Crippen LogP contribution in [0.2, 0.25) is 5.02 Å². The van der Waals surface area contributed by atoms with E-state index in [1.54, 1.807) is 0 Å². The molecule has 0 saturated carbocycles. The molecule has 2 N–H and O–H groups in total. The van der Waals surface area contributed by atoms with Gasteiger partial charge in [-0.3, -0.25) is 9.89 Å². The number of nitrogens with zero attached hydrogens (tertiary/aromatic N) is 4. The van der Waals surface area contributed by atoms with Gasteiger partial charge < -0.3 is 15.5 Å². The molecular formula is C20H29ClF3N5. The maximum absolute atomic E-state index is 12.5. The molecule has 2 saturated heterocycles. The fourth-order valence-electron chi connectivity index (χ4n) is 3.99. The van der Waals surface area contributed by atoms with Gasteiger partial charge in [-0.2, -0.15) is 13.2 Å². The maximum Gasteiger partial charge on any atom is 0.401 e. The van der Waals surface area contributed by atoms with E-state index in [2.05, 4.69) is 14.8 Å². The molecule has 2 aliphatic heterocycles. The molecule has 1 aromatic carbocycles. The highest BCUT2D eigenvalue weighted by Gasteiger charge is 2.32. The number of piperidine rings is 1. The first-order valence-electron chi connectivity index (χ1n) is 10.1. The van der Waals surface area contributed by atoms with Gasteiger partial charge in [0.05, 0.1) is 6.54 Å². The van der Waals surface area contributed by atoms with Crippen molar-refractivity contribution in [2.45, 2.75) is 25.4 Å². The van der Waals surface area contributed by atoms with Gasteiger partial charge in [-0.05, 0) is 62.5 Å². The van der Waals surface area contributed by atoms with E-state index >= 15 is 0 Å². The first kappa shape index (κ1) is 22.0. The SMILES string of the molecule is NC(=NCCC1CCN(CC(F)(F)F)CC1)N1CCN(c2ccc(Cl)cc2)CC1. The second-order valence-electron chi connectivity index (χ2n) is 7.81. The minimum atomic E-state index is -4.11. The molecular weight excluding hydrogens is 403 g/mol. The van der Waals surface area contributed by atoms with Crippen molar-refractivity contribution in [1.82, 2.24) is 9.80 Å². The Kier molecular flexibility index (Phi) is 7.51. The van der Waals surface area contributed by atoms with Crippen LogP contribution in [0.25, 0.3) is 0 Å². The highest BCUT2D eigenvalue weighted by atomic mass is 35.5. The number of halogens is 4. The fourth-order valence-corrected chi connectivity index (χ4v) is 4.12. The Bertz CT molecular complexity index is 664. The number of alkyl halides is 3. The summed E-state index contributed by atoms with van der Waals surface area (Å²) in [6, 6.07) is 7.84. The Labute approximate surface area is 175 Å². The van der Waals surface area contributed by atoms with Crippen LogP contribution < -0.4 is 10.6 Å². The summed E-state index contributed by atoms with van der Waals surface area (Å²) >= 11 is 5.95. The minimum absolute atomic E-state index is 0.429. The Hall–Kier alpha value is -1.67. The second-order valence-corrected chi connectivity index (χ2v) is 8.25. The lowest BCUT2D eigenvalue weighted by Crippen LogP contribution is -2.51. The molecule has 0 atom stereocenters. The molecule has 0 aliphatic carbocycles. The van der Waals surface area contributed by atoms with Crippen molar-refractivity contribution < 1.29 is 13.2 Å². The zero-order chi connectivity index (χ0) is 20.9. The van der Waals surface area contributed by atoms with Gasteiger partial charge >= 0.3 is 6.18 Å². The average molecular weight is 432 g/mol. The number of nitrogens with two attached hydrogens (primary N) is 1. The Balaban J connectivity index is 1.36. The largest absolute Gasteiger partial charge is 0.401 e. The number of hydrogen-bond donors (Lipinski definition) is 1. The first-order chi connectivity index (χ1) is 13.8. The van der Waals surface area contributed by atoms with E-state index in [4.69, 9.17) is 17.3 Å². The zero-order valence-corrected chi connectivity index (χ0v) is 17.3. The number of anilines is 1. The molecule has 0 amide bonds. The number of guanidine groups is 1. The summed E-state index contributed by atoms with van der Waals surface area (Å²) in [5, 5.41) is 0.731. The molecule has 0 spiro atoms. The summed E-state index contributed by atoms with van der Waals surface area (Å²) in [6.45, 7) is 4.22. The number of rotatable bonds is 5. The summed E-state index contributed by atoms with van der Waals surface area (Å²) < 4.78 is 37.4. The van der Waals surface area contributed by atoms with Crippen molar-refractivity contribution >= 4 is 23.2 Å². The molecule has 1 aromatic rings. The van der Waals surface area contributed by atoms with Crippen LogP contribution in [-0.4, -0.2) is 74.3 Å². The second kappa shape index (κ2) is 9.89. The number of aliphatic imine (C=N–C) groups is 1. The minimum Gasteiger partial charge on any atom is -0.370 e. The molecule has 2 heterocycles. The first-order valence-corrected chi connectivity index (χ1v) is 10.5. The lowest BCUT2D eigenvalue weighted by molar-refractivity contribution is -0.148. The van der Waals surface area contributed by atoms with E-state index in [1.807, 2.05) is 24.3 Å². The van der Waals surface area contributed by atoms with Crippen LogP contribution in [0.5, 0.6) is 0 Å². The lowest BCUT2D eigenvalue weighted by Gasteiger charge is -2.36. The van der Waals surface area contributed by atoms with Crippen LogP contribution in [0.3, 0.4) is 0 Å². The molecule has 0 aromatic heterocycles. The summed E-state index contributed by atoms with van der Waals surface area (Å²) in [4.78, 5) is 10.4. The van der Waals surface area contributed by atoms with Crippen molar-refractivity contribution in [3.8, 4) is 0 Å². The van der Waals surface area contributed by atoms with E-state index in [1.165, 1.54) is 4.90 Å². The van der Waals surface area contributed by atoms with Crippen LogP contribution in [-0.2, 0) is 0 Å². The van der Waals surface area contributed by atoms with Crippen LogP contribution in [0, 0.1) is 5.92 Å². The van der Waals surface area contributed by atoms with Crippen LogP contribution in [0.4, 0.5) is 18.9 Å². The van der Waals surface area contributed by atoms with Gasteiger partial charge in [0.25, 0.3) is 0 Å².